The molecule has 0 amide bonds. The third-order valence-electron chi connectivity index (χ3n) is 4.05. The lowest BCUT2D eigenvalue weighted by molar-refractivity contribution is 0.631. The summed E-state index contributed by atoms with van der Waals surface area (Å²) in [6.45, 7) is 4.27. The van der Waals surface area contributed by atoms with Gasteiger partial charge in [0, 0.05) is 17.0 Å². The summed E-state index contributed by atoms with van der Waals surface area (Å²) in [5.74, 6) is 2.65. The molecule has 0 saturated heterocycles. The number of aromatic nitrogens is 3. The molecule has 3 aromatic rings. The fraction of sp³-hybridized carbons (Fsp3) is 0.238. The SMILES string of the molecule is C[CH]CCC(C)c1nc(-c2ccccc2)nc(-c2ccccc2)n1. The zero-order valence-electron chi connectivity index (χ0n) is 14.2. The van der Waals surface area contributed by atoms with Gasteiger partial charge in [0.2, 0.25) is 0 Å². The van der Waals surface area contributed by atoms with Crippen molar-refractivity contribution in [1.29, 1.82) is 0 Å². The number of benzene rings is 2. The molecule has 3 nitrogen and oxygen atoms in total. The van der Waals surface area contributed by atoms with Crippen LogP contribution in [0.2, 0.25) is 0 Å². The van der Waals surface area contributed by atoms with E-state index in [0.717, 1.165) is 41.4 Å². The Balaban J connectivity index is 2.06. The summed E-state index contributed by atoms with van der Waals surface area (Å²) in [5.41, 5.74) is 2.04. The molecule has 24 heavy (non-hydrogen) atoms. The monoisotopic (exact) mass is 316 g/mol. The average molecular weight is 316 g/mol. The molecular formula is C21H22N3. The number of rotatable bonds is 6. The highest BCUT2D eigenvalue weighted by atomic mass is 15.0. The van der Waals surface area contributed by atoms with Gasteiger partial charge >= 0.3 is 0 Å². The Bertz CT molecular complexity index is 712. The summed E-state index contributed by atoms with van der Waals surface area (Å²) in [6, 6.07) is 20.2. The molecule has 2 aromatic carbocycles. The Morgan fingerprint density at radius 3 is 1.75 bits per heavy atom. The number of hydrogen-bond acceptors (Lipinski definition) is 3. The second-order valence-corrected chi connectivity index (χ2v) is 5.96. The normalized spacial score (nSPS) is 12.1. The minimum absolute atomic E-state index is 0.300. The molecule has 1 heterocycles. The highest BCUT2D eigenvalue weighted by molar-refractivity contribution is 5.60. The van der Waals surface area contributed by atoms with Gasteiger partial charge in [0.1, 0.15) is 5.82 Å². The molecule has 3 rings (SSSR count). The molecule has 1 aromatic heterocycles. The molecule has 0 aliphatic rings. The maximum Gasteiger partial charge on any atom is 0.163 e. The van der Waals surface area contributed by atoms with Crippen molar-refractivity contribution in [3.8, 4) is 22.8 Å². The van der Waals surface area contributed by atoms with E-state index in [0.29, 0.717) is 5.92 Å². The van der Waals surface area contributed by atoms with Gasteiger partial charge < -0.3 is 0 Å². The quantitative estimate of drug-likeness (QED) is 0.618. The Morgan fingerprint density at radius 1 is 0.792 bits per heavy atom. The van der Waals surface area contributed by atoms with Crippen molar-refractivity contribution < 1.29 is 0 Å². The van der Waals surface area contributed by atoms with Gasteiger partial charge in [-0.2, -0.15) is 0 Å². The molecule has 0 aliphatic carbocycles. The van der Waals surface area contributed by atoms with E-state index in [1.165, 1.54) is 0 Å². The fourth-order valence-electron chi connectivity index (χ4n) is 2.59. The summed E-state index contributed by atoms with van der Waals surface area (Å²) >= 11 is 0. The van der Waals surface area contributed by atoms with Gasteiger partial charge in [0.25, 0.3) is 0 Å². The van der Waals surface area contributed by atoms with E-state index in [9.17, 15) is 0 Å². The van der Waals surface area contributed by atoms with Gasteiger partial charge in [-0.1, -0.05) is 74.5 Å². The van der Waals surface area contributed by atoms with Crippen LogP contribution in [0.4, 0.5) is 0 Å². The molecule has 0 fully saturated rings. The molecule has 121 valence electrons. The second-order valence-electron chi connectivity index (χ2n) is 5.96. The molecule has 0 saturated carbocycles. The standard InChI is InChI=1S/C21H22N3/c1-3-4-11-16(2)19-22-20(17-12-7-5-8-13-17)24-21(23-19)18-14-9-6-10-15-18/h3,5-10,12-16H,4,11H2,1-2H3. The van der Waals surface area contributed by atoms with Crippen LogP contribution < -0.4 is 0 Å². The molecule has 1 atom stereocenters. The van der Waals surface area contributed by atoms with Crippen LogP contribution in [0.1, 0.15) is 38.4 Å². The van der Waals surface area contributed by atoms with Crippen LogP contribution in [0.3, 0.4) is 0 Å². The molecule has 0 bridgehead atoms. The Morgan fingerprint density at radius 2 is 1.29 bits per heavy atom. The summed E-state index contributed by atoms with van der Waals surface area (Å²) in [5, 5.41) is 0. The summed E-state index contributed by atoms with van der Waals surface area (Å²) in [4.78, 5) is 14.2. The van der Waals surface area contributed by atoms with E-state index in [1.54, 1.807) is 0 Å². The minimum Gasteiger partial charge on any atom is -0.213 e. The largest absolute Gasteiger partial charge is 0.213 e. The summed E-state index contributed by atoms with van der Waals surface area (Å²) in [7, 11) is 0. The maximum atomic E-state index is 4.75. The third-order valence-corrected chi connectivity index (χ3v) is 4.05. The van der Waals surface area contributed by atoms with Gasteiger partial charge in [0.05, 0.1) is 0 Å². The van der Waals surface area contributed by atoms with Crippen molar-refractivity contribution in [2.75, 3.05) is 0 Å². The minimum atomic E-state index is 0.300. The molecule has 3 heteroatoms. The lowest BCUT2D eigenvalue weighted by Crippen LogP contribution is -2.06. The van der Waals surface area contributed by atoms with Crippen LogP contribution >= 0.6 is 0 Å². The number of unbranched alkanes of at least 4 members (excludes halogenated alkanes) is 1. The van der Waals surface area contributed by atoms with E-state index in [1.807, 2.05) is 60.7 Å². The van der Waals surface area contributed by atoms with Crippen LogP contribution in [0, 0.1) is 6.42 Å². The first-order valence-corrected chi connectivity index (χ1v) is 8.42. The molecule has 0 spiro atoms. The topological polar surface area (TPSA) is 38.7 Å². The van der Waals surface area contributed by atoms with Crippen LogP contribution in [0.5, 0.6) is 0 Å². The van der Waals surface area contributed by atoms with Crippen LogP contribution in [0.25, 0.3) is 22.8 Å². The summed E-state index contributed by atoms with van der Waals surface area (Å²) in [6.07, 6.45) is 4.30. The van der Waals surface area contributed by atoms with Crippen LogP contribution in [-0.4, -0.2) is 15.0 Å². The van der Waals surface area contributed by atoms with Crippen molar-refractivity contribution in [2.24, 2.45) is 0 Å². The first kappa shape index (κ1) is 16.3. The smallest absolute Gasteiger partial charge is 0.163 e. The zero-order valence-corrected chi connectivity index (χ0v) is 14.2. The van der Waals surface area contributed by atoms with Crippen molar-refractivity contribution in [2.45, 2.75) is 32.6 Å². The number of nitrogens with zero attached hydrogens (tertiary/aromatic N) is 3. The first-order chi connectivity index (χ1) is 11.8. The highest BCUT2D eigenvalue weighted by Crippen LogP contribution is 2.24. The zero-order chi connectivity index (χ0) is 16.8. The van der Waals surface area contributed by atoms with Crippen molar-refractivity contribution in [1.82, 2.24) is 15.0 Å². The predicted molar refractivity (Wildman–Crippen MR) is 98.3 cm³/mol. The van der Waals surface area contributed by atoms with Crippen molar-refractivity contribution in [3.05, 3.63) is 72.9 Å². The van der Waals surface area contributed by atoms with E-state index in [2.05, 4.69) is 20.3 Å². The lowest BCUT2D eigenvalue weighted by atomic mass is 10.0. The average Bonchev–Trinajstić information content (AvgIpc) is 2.67. The van der Waals surface area contributed by atoms with Crippen molar-refractivity contribution in [3.63, 3.8) is 0 Å². The second kappa shape index (κ2) is 7.82. The van der Waals surface area contributed by atoms with Crippen LogP contribution in [0.15, 0.2) is 60.7 Å². The highest BCUT2D eigenvalue weighted by Gasteiger charge is 2.14. The van der Waals surface area contributed by atoms with E-state index >= 15 is 0 Å². The molecule has 0 aliphatic heterocycles. The first-order valence-electron chi connectivity index (χ1n) is 8.42. The maximum absolute atomic E-state index is 4.75. The Hall–Kier alpha value is -2.55. The Labute approximate surface area is 143 Å². The predicted octanol–water partition coefficient (Wildman–Crippen LogP) is 5.31. The summed E-state index contributed by atoms with van der Waals surface area (Å²) < 4.78 is 0. The molecule has 1 unspecified atom stereocenters. The number of hydrogen-bond donors (Lipinski definition) is 0. The van der Waals surface area contributed by atoms with Gasteiger partial charge in [0.15, 0.2) is 11.6 Å². The molecule has 1 radical (unpaired) electrons. The van der Waals surface area contributed by atoms with Gasteiger partial charge in [-0.3, -0.25) is 0 Å². The van der Waals surface area contributed by atoms with Gasteiger partial charge in [-0.25, -0.2) is 15.0 Å². The van der Waals surface area contributed by atoms with E-state index in [4.69, 9.17) is 15.0 Å². The van der Waals surface area contributed by atoms with E-state index < -0.39 is 0 Å². The fourth-order valence-corrected chi connectivity index (χ4v) is 2.59. The van der Waals surface area contributed by atoms with Crippen molar-refractivity contribution >= 4 is 0 Å². The Kier molecular flexibility index (Phi) is 5.32. The lowest BCUT2D eigenvalue weighted by Gasteiger charge is -2.12. The van der Waals surface area contributed by atoms with Gasteiger partial charge in [-0.05, 0) is 19.3 Å². The third kappa shape index (κ3) is 3.85. The van der Waals surface area contributed by atoms with Gasteiger partial charge in [-0.15, -0.1) is 0 Å². The molecule has 0 N–H and O–H groups in total. The molecular weight excluding hydrogens is 294 g/mol. The van der Waals surface area contributed by atoms with Crippen LogP contribution in [-0.2, 0) is 0 Å². The van der Waals surface area contributed by atoms with E-state index in [-0.39, 0.29) is 0 Å².